The van der Waals surface area contributed by atoms with E-state index >= 15 is 0 Å². The van der Waals surface area contributed by atoms with Crippen LogP contribution in [0, 0.1) is 56.2 Å². The Hall–Kier alpha value is -2.61. The van der Waals surface area contributed by atoms with Crippen LogP contribution in [0.2, 0.25) is 0 Å². The Balaban J connectivity index is 1.24. The zero-order valence-corrected chi connectivity index (χ0v) is 32.3. The largest absolute Gasteiger partial charge is 0.481 e. The van der Waals surface area contributed by atoms with Gasteiger partial charge in [-0.05, 0) is 130 Å². The highest BCUT2D eigenvalue weighted by Crippen LogP contribution is 2.77. The van der Waals surface area contributed by atoms with Crippen LogP contribution in [-0.2, 0) is 25.7 Å². The van der Waals surface area contributed by atoms with Crippen LogP contribution in [0.15, 0.2) is 29.7 Å². The Morgan fingerprint density at radius 2 is 1.74 bits per heavy atom. The Bertz CT molecular complexity index is 1530. The molecule has 1 unspecified atom stereocenters. The number of fused-ring (bicyclic) bond motifs is 7. The molecular weight excluding hydrogens is 626 g/mol. The SMILES string of the molecule is CC(C)C1=C2[C@H]3CCC4[C@@]5(C)CC[C@H](OC(=O)CC(C)(C)C(=O)O)C(C)(C)[C@@H]5CC[C@@]4(C)[C@]3(C)CC[C@@]2(CCNCc2ccncn2)CC1=O. The number of Topliss-reactive ketones (excluding diaryl/α,β-unsaturated/α-hetero) is 1. The van der Waals surface area contributed by atoms with Crippen LogP contribution in [0.25, 0.3) is 0 Å². The molecule has 5 aliphatic carbocycles. The third-order valence-corrected chi connectivity index (χ3v) is 15.7. The fourth-order valence-corrected chi connectivity index (χ4v) is 12.8. The highest BCUT2D eigenvalue weighted by atomic mass is 16.5. The topological polar surface area (TPSA) is 118 Å². The molecule has 0 aromatic carbocycles. The number of ether oxygens (including phenoxy) is 1. The quantitative estimate of drug-likeness (QED) is 0.186. The first kappa shape index (κ1) is 37.2. The maximum Gasteiger partial charge on any atom is 0.309 e. The molecule has 1 heterocycles. The van der Waals surface area contributed by atoms with Gasteiger partial charge in [0.05, 0.1) is 17.5 Å². The van der Waals surface area contributed by atoms with Crippen molar-refractivity contribution in [3.8, 4) is 0 Å². The Kier molecular flexibility index (Phi) is 9.52. The minimum atomic E-state index is -1.15. The van der Waals surface area contributed by atoms with E-state index in [0.29, 0.717) is 36.5 Å². The number of carbonyl (C=O) groups excluding carboxylic acids is 2. The van der Waals surface area contributed by atoms with Gasteiger partial charge in [-0.2, -0.15) is 0 Å². The fourth-order valence-electron chi connectivity index (χ4n) is 12.8. The smallest absolute Gasteiger partial charge is 0.309 e. The summed E-state index contributed by atoms with van der Waals surface area (Å²) in [6.45, 7) is 21.6. The van der Waals surface area contributed by atoms with Crippen molar-refractivity contribution in [1.82, 2.24) is 15.3 Å². The van der Waals surface area contributed by atoms with Crippen LogP contribution in [0.1, 0.15) is 139 Å². The summed E-state index contributed by atoms with van der Waals surface area (Å²) >= 11 is 0. The van der Waals surface area contributed by atoms with E-state index in [9.17, 15) is 19.5 Å². The van der Waals surface area contributed by atoms with Crippen LogP contribution in [0.3, 0.4) is 0 Å². The normalized spacial score (nSPS) is 37.8. The number of rotatable bonds is 10. The molecular formula is C42H63N3O5. The molecule has 0 aliphatic heterocycles. The first-order chi connectivity index (χ1) is 23.3. The lowest BCUT2D eigenvalue weighted by molar-refractivity contribution is -0.233. The molecule has 0 saturated heterocycles. The number of ketones is 1. The summed E-state index contributed by atoms with van der Waals surface area (Å²) in [5.41, 5.74) is 2.63. The lowest BCUT2D eigenvalue weighted by atomic mass is 9.33. The predicted molar refractivity (Wildman–Crippen MR) is 194 cm³/mol. The average molecular weight is 690 g/mol. The molecule has 8 atom stereocenters. The number of carboxylic acids is 1. The van der Waals surface area contributed by atoms with Gasteiger partial charge in [0, 0.05) is 30.0 Å². The summed E-state index contributed by atoms with van der Waals surface area (Å²) in [5, 5.41) is 13.2. The summed E-state index contributed by atoms with van der Waals surface area (Å²) < 4.78 is 6.17. The van der Waals surface area contributed by atoms with Gasteiger partial charge < -0.3 is 15.2 Å². The van der Waals surface area contributed by atoms with Crippen LogP contribution >= 0.6 is 0 Å². The van der Waals surface area contributed by atoms with Crippen molar-refractivity contribution in [2.75, 3.05) is 6.54 Å². The van der Waals surface area contributed by atoms with Gasteiger partial charge in [0.1, 0.15) is 12.4 Å². The lowest BCUT2D eigenvalue weighted by Crippen LogP contribution is -2.65. The third kappa shape index (κ3) is 5.78. The van der Waals surface area contributed by atoms with Crippen LogP contribution < -0.4 is 5.32 Å². The molecule has 1 aromatic rings. The van der Waals surface area contributed by atoms with E-state index in [4.69, 9.17) is 4.74 Å². The maximum absolute atomic E-state index is 14.0. The van der Waals surface area contributed by atoms with E-state index in [0.717, 1.165) is 69.2 Å². The maximum atomic E-state index is 14.0. The van der Waals surface area contributed by atoms with E-state index in [1.165, 1.54) is 12.0 Å². The zero-order chi connectivity index (χ0) is 36.5. The van der Waals surface area contributed by atoms with E-state index in [-0.39, 0.29) is 45.5 Å². The van der Waals surface area contributed by atoms with Gasteiger partial charge >= 0.3 is 11.9 Å². The summed E-state index contributed by atoms with van der Waals surface area (Å²) in [6, 6.07) is 1.95. The van der Waals surface area contributed by atoms with Crippen molar-refractivity contribution in [3.05, 3.63) is 35.4 Å². The van der Waals surface area contributed by atoms with E-state index in [1.807, 2.05) is 6.07 Å². The van der Waals surface area contributed by atoms with Crippen molar-refractivity contribution >= 4 is 17.7 Å². The number of nitrogens with zero attached hydrogens (tertiary/aromatic N) is 2. The molecule has 0 radical (unpaired) electrons. The number of aliphatic carboxylic acids is 1. The van der Waals surface area contributed by atoms with E-state index in [1.54, 1.807) is 26.4 Å². The number of hydrogen-bond acceptors (Lipinski definition) is 7. The van der Waals surface area contributed by atoms with Gasteiger partial charge in [-0.15, -0.1) is 0 Å². The number of aromatic nitrogens is 2. The molecule has 50 heavy (non-hydrogen) atoms. The molecule has 8 heteroatoms. The Morgan fingerprint density at radius 3 is 2.40 bits per heavy atom. The monoisotopic (exact) mass is 689 g/mol. The lowest BCUT2D eigenvalue weighted by Gasteiger charge is -2.72. The highest BCUT2D eigenvalue weighted by Gasteiger charge is 2.70. The van der Waals surface area contributed by atoms with Gasteiger partial charge in [0.25, 0.3) is 0 Å². The van der Waals surface area contributed by atoms with Gasteiger partial charge in [-0.1, -0.05) is 54.0 Å². The summed E-state index contributed by atoms with van der Waals surface area (Å²) in [7, 11) is 0. The third-order valence-electron chi connectivity index (χ3n) is 15.7. The van der Waals surface area contributed by atoms with Gasteiger partial charge in [0.15, 0.2) is 5.78 Å². The molecule has 0 amide bonds. The molecule has 1 aromatic heterocycles. The predicted octanol–water partition coefficient (Wildman–Crippen LogP) is 8.35. The van der Waals surface area contributed by atoms with Crippen molar-refractivity contribution in [3.63, 3.8) is 0 Å². The van der Waals surface area contributed by atoms with Crippen molar-refractivity contribution in [2.24, 2.45) is 56.2 Å². The zero-order valence-electron chi connectivity index (χ0n) is 32.3. The molecule has 4 saturated carbocycles. The fraction of sp³-hybridized carbons (Fsp3) is 0.786. The molecule has 2 N–H and O–H groups in total. The molecule has 6 rings (SSSR count). The molecule has 276 valence electrons. The first-order valence-corrected chi connectivity index (χ1v) is 19.5. The molecule has 4 fully saturated rings. The second-order valence-corrected chi connectivity index (χ2v) is 19.3. The second-order valence-electron chi connectivity index (χ2n) is 19.3. The van der Waals surface area contributed by atoms with Crippen molar-refractivity contribution in [2.45, 2.75) is 146 Å². The number of carboxylic acid groups (broad SMARTS) is 1. The van der Waals surface area contributed by atoms with Gasteiger partial charge in [-0.25, -0.2) is 9.97 Å². The first-order valence-electron chi connectivity index (χ1n) is 19.5. The summed E-state index contributed by atoms with van der Waals surface area (Å²) in [4.78, 5) is 47.2. The van der Waals surface area contributed by atoms with Crippen LogP contribution in [-0.4, -0.2) is 45.4 Å². The van der Waals surface area contributed by atoms with E-state index in [2.05, 4.69) is 63.8 Å². The van der Waals surface area contributed by atoms with Crippen LogP contribution in [0.5, 0.6) is 0 Å². The number of nitrogens with one attached hydrogen (secondary N) is 1. The van der Waals surface area contributed by atoms with E-state index < -0.39 is 17.4 Å². The molecule has 0 bridgehead atoms. The molecule has 0 spiro atoms. The number of esters is 1. The average Bonchev–Trinajstić information content (AvgIpc) is 3.33. The Labute approximate surface area is 300 Å². The van der Waals surface area contributed by atoms with Gasteiger partial charge in [-0.3, -0.25) is 14.4 Å². The number of hydrogen-bond donors (Lipinski definition) is 2. The summed E-state index contributed by atoms with van der Waals surface area (Å²) in [6.07, 6.45) is 13.3. The highest BCUT2D eigenvalue weighted by molar-refractivity contribution is 6.00. The standard InChI is InChI=1S/C42H63N3O5/c1-26(2)34-29(46)22-42(19-21-43-24-27-14-20-44-25-45-27)18-17-40(8)28(35(34)42)10-11-31-39(7)15-13-32(50-33(47)23-37(3,4)36(48)49)38(5,6)30(39)12-16-41(31,40)9/h14,20,25-26,28,30-32,43H,10-13,15-19,21-24H2,1-9H3,(H,48,49)/t28-,30+,31?,32+,39+,40-,41-,42-/m1/s1. The molecule has 5 aliphatic rings. The second kappa shape index (κ2) is 12.8. The van der Waals surface area contributed by atoms with Crippen molar-refractivity contribution < 1.29 is 24.2 Å². The van der Waals surface area contributed by atoms with Crippen LogP contribution in [0.4, 0.5) is 0 Å². The minimum Gasteiger partial charge on any atom is -0.481 e. The van der Waals surface area contributed by atoms with Gasteiger partial charge in [0.2, 0.25) is 0 Å². The Morgan fingerprint density at radius 1 is 1.00 bits per heavy atom. The van der Waals surface area contributed by atoms with Crippen molar-refractivity contribution in [1.29, 1.82) is 0 Å². The number of carbonyl (C=O) groups is 3. The molecule has 8 nitrogen and oxygen atoms in total. The number of allylic oxidation sites excluding steroid dienone is 2. The minimum absolute atomic E-state index is 0.0526. The summed E-state index contributed by atoms with van der Waals surface area (Å²) in [5.74, 6) is 0.630.